The van der Waals surface area contributed by atoms with Gasteiger partial charge in [-0.05, 0) is 60.3 Å². The first-order chi connectivity index (χ1) is 29.8. The number of methoxy groups -OCH3 is 2. The fraction of sp³-hybridized carbons (Fsp3) is 0.638. The van der Waals surface area contributed by atoms with Crippen molar-refractivity contribution in [3.8, 4) is 0 Å². The number of carbonyl (C=O) groups excluding carboxylic acids is 7. The standard InChI is InChI=1S/C47H66N4O11/c1-6-25-61-46(58)47(21-22-47)49-44(56)38-26-35(62-30-34-17-12-16-32-15-10-11-18-36(32)34)29-51(38)45(57)43(31(2)3)48-28-39(52)37(33-13-8-7-9-14-33)27-40(53)50(23-19-41(54)59-4)24-20-42(55)60-5/h10-12,15-18,31,33,35,37-38,43,48H,6-9,13-14,19-30H2,1-5H3,(H,49,56)/t35-,37+,38+,43+/m1/s1. The molecule has 1 saturated heterocycles. The third-order valence-electron chi connectivity index (χ3n) is 12.6. The molecule has 3 fully saturated rings. The van der Waals surface area contributed by atoms with Crippen LogP contribution in [0, 0.1) is 17.8 Å². The van der Waals surface area contributed by atoms with Gasteiger partial charge in [0.15, 0.2) is 0 Å². The molecular weight excluding hydrogens is 797 g/mol. The van der Waals surface area contributed by atoms with E-state index in [-0.39, 0.29) is 94.5 Å². The molecule has 15 nitrogen and oxygen atoms in total. The van der Waals surface area contributed by atoms with Gasteiger partial charge in [0.05, 0.1) is 59.0 Å². The Balaban J connectivity index is 1.32. The number of ketones is 1. The van der Waals surface area contributed by atoms with Gasteiger partial charge in [0.25, 0.3) is 0 Å². The Morgan fingerprint density at radius 2 is 1.55 bits per heavy atom. The third-order valence-corrected chi connectivity index (χ3v) is 12.6. The summed E-state index contributed by atoms with van der Waals surface area (Å²) in [6.07, 6.45) is 5.45. The van der Waals surface area contributed by atoms with E-state index in [1.54, 1.807) is 0 Å². The Hall–Kier alpha value is -4.89. The second-order valence-electron chi connectivity index (χ2n) is 17.3. The number of nitrogens with one attached hydrogen (secondary N) is 2. The average Bonchev–Trinajstić information content (AvgIpc) is 3.94. The minimum Gasteiger partial charge on any atom is -0.469 e. The molecule has 0 aromatic heterocycles. The second kappa shape index (κ2) is 23.0. The molecule has 15 heteroatoms. The van der Waals surface area contributed by atoms with E-state index in [2.05, 4.69) is 10.6 Å². The van der Waals surface area contributed by atoms with Gasteiger partial charge in [-0.2, -0.15) is 0 Å². The van der Waals surface area contributed by atoms with E-state index in [0.29, 0.717) is 19.3 Å². The number of hydrogen-bond donors (Lipinski definition) is 2. The number of fused-ring (bicyclic) bond motifs is 1. The Morgan fingerprint density at radius 3 is 2.18 bits per heavy atom. The van der Waals surface area contributed by atoms with Gasteiger partial charge < -0.3 is 34.1 Å². The van der Waals surface area contributed by atoms with Crippen LogP contribution in [0.25, 0.3) is 10.8 Å². The predicted octanol–water partition coefficient (Wildman–Crippen LogP) is 4.65. The van der Waals surface area contributed by atoms with Crippen molar-refractivity contribution in [2.75, 3.05) is 47.0 Å². The molecule has 0 bridgehead atoms. The van der Waals surface area contributed by atoms with Crippen LogP contribution < -0.4 is 10.6 Å². The molecule has 5 rings (SSSR count). The van der Waals surface area contributed by atoms with Crippen molar-refractivity contribution in [2.24, 2.45) is 17.8 Å². The Morgan fingerprint density at radius 1 is 0.887 bits per heavy atom. The summed E-state index contributed by atoms with van der Waals surface area (Å²) in [6.45, 7) is 6.12. The van der Waals surface area contributed by atoms with Crippen molar-refractivity contribution in [1.82, 2.24) is 20.4 Å². The molecule has 0 radical (unpaired) electrons. The molecule has 340 valence electrons. The third kappa shape index (κ3) is 12.8. The van der Waals surface area contributed by atoms with E-state index in [1.807, 2.05) is 63.2 Å². The molecule has 1 heterocycles. The van der Waals surface area contributed by atoms with E-state index >= 15 is 0 Å². The highest BCUT2D eigenvalue weighted by molar-refractivity contribution is 5.96. The SMILES string of the molecule is CCCOC(=O)C1(NC(=O)[C@@H]2C[C@@H](OCc3cccc4ccccc34)CN2C(=O)[C@@H](NCC(=O)[C@@H](CC(=O)N(CCC(=O)OC)CCC(=O)OC)C2CCCCC2)C(C)C)CC1. The van der Waals surface area contributed by atoms with Gasteiger partial charge in [0, 0.05) is 38.4 Å². The number of rotatable bonds is 23. The van der Waals surface area contributed by atoms with Crippen LogP contribution in [0.2, 0.25) is 0 Å². The minimum atomic E-state index is -1.12. The van der Waals surface area contributed by atoms with Gasteiger partial charge in [-0.15, -0.1) is 0 Å². The Kier molecular flexibility index (Phi) is 17.8. The predicted molar refractivity (Wildman–Crippen MR) is 230 cm³/mol. The van der Waals surface area contributed by atoms with Crippen LogP contribution in [0.3, 0.4) is 0 Å². The first-order valence-electron chi connectivity index (χ1n) is 22.4. The summed E-state index contributed by atoms with van der Waals surface area (Å²) < 4.78 is 21.4. The first kappa shape index (κ1) is 48.1. The Bertz CT molecular complexity index is 1870. The van der Waals surface area contributed by atoms with Crippen LogP contribution in [0.5, 0.6) is 0 Å². The molecule has 4 atom stereocenters. The highest BCUT2D eigenvalue weighted by atomic mass is 16.5. The van der Waals surface area contributed by atoms with Crippen molar-refractivity contribution in [3.63, 3.8) is 0 Å². The number of nitrogens with zero attached hydrogens (tertiary/aromatic N) is 2. The van der Waals surface area contributed by atoms with Crippen molar-refractivity contribution in [2.45, 2.75) is 128 Å². The van der Waals surface area contributed by atoms with Gasteiger partial charge >= 0.3 is 17.9 Å². The molecule has 1 aliphatic heterocycles. The summed E-state index contributed by atoms with van der Waals surface area (Å²) in [4.78, 5) is 97.0. The van der Waals surface area contributed by atoms with Gasteiger partial charge in [-0.1, -0.05) is 82.5 Å². The number of ether oxygens (including phenoxy) is 4. The quantitative estimate of drug-likeness (QED) is 0.117. The van der Waals surface area contributed by atoms with Gasteiger partial charge in [-0.25, -0.2) is 4.79 Å². The van der Waals surface area contributed by atoms with Crippen LogP contribution >= 0.6 is 0 Å². The van der Waals surface area contributed by atoms with Crippen molar-refractivity contribution in [3.05, 3.63) is 48.0 Å². The number of carbonyl (C=O) groups is 7. The van der Waals surface area contributed by atoms with E-state index in [4.69, 9.17) is 18.9 Å². The van der Waals surface area contributed by atoms with E-state index in [1.165, 1.54) is 24.0 Å². The second-order valence-corrected chi connectivity index (χ2v) is 17.3. The molecule has 0 spiro atoms. The van der Waals surface area contributed by atoms with Crippen LogP contribution in [-0.4, -0.2) is 122 Å². The zero-order valence-electron chi connectivity index (χ0n) is 37.1. The van der Waals surface area contributed by atoms with Gasteiger partial charge in [0.2, 0.25) is 17.7 Å². The van der Waals surface area contributed by atoms with E-state index < -0.39 is 53.5 Å². The topological polar surface area (TPSA) is 187 Å². The lowest BCUT2D eigenvalue weighted by Gasteiger charge is -2.33. The zero-order valence-corrected chi connectivity index (χ0v) is 37.1. The molecule has 0 unspecified atom stereocenters. The van der Waals surface area contributed by atoms with Crippen LogP contribution in [0.15, 0.2) is 42.5 Å². The fourth-order valence-electron chi connectivity index (χ4n) is 8.74. The summed E-state index contributed by atoms with van der Waals surface area (Å²) in [7, 11) is 2.52. The maximum atomic E-state index is 14.7. The number of benzene rings is 2. The lowest BCUT2D eigenvalue weighted by Crippen LogP contribution is -2.57. The summed E-state index contributed by atoms with van der Waals surface area (Å²) in [6, 6.07) is 12.2. The van der Waals surface area contributed by atoms with Gasteiger partial charge in [-0.3, -0.25) is 34.1 Å². The smallest absolute Gasteiger partial charge is 0.331 e. The highest BCUT2D eigenvalue weighted by Crippen LogP contribution is 2.38. The molecule has 2 aromatic carbocycles. The average molecular weight is 863 g/mol. The molecule has 62 heavy (non-hydrogen) atoms. The number of likely N-dealkylation sites (tertiary alicyclic amines) is 1. The number of Topliss-reactive ketones (excluding diaryl/α,β-unsaturated/α-hetero) is 1. The van der Waals surface area contributed by atoms with Crippen LogP contribution in [0.1, 0.15) is 103 Å². The molecule has 2 aromatic rings. The number of hydrogen-bond acceptors (Lipinski definition) is 12. The first-order valence-corrected chi connectivity index (χ1v) is 22.4. The lowest BCUT2D eigenvalue weighted by molar-refractivity contribution is -0.150. The summed E-state index contributed by atoms with van der Waals surface area (Å²) in [5.41, 5.74) is -0.143. The molecule has 3 aliphatic rings. The number of esters is 3. The van der Waals surface area contributed by atoms with E-state index in [0.717, 1.165) is 48.4 Å². The monoisotopic (exact) mass is 862 g/mol. The van der Waals surface area contributed by atoms with Crippen LogP contribution in [0.4, 0.5) is 0 Å². The summed E-state index contributed by atoms with van der Waals surface area (Å²) in [5.74, 6) is -3.89. The zero-order chi connectivity index (χ0) is 44.8. The van der Waals surface area contributed by atoms with Gasteiger partial charge in [0.1, 0.15) is 17.4 Å². The van der Waals surface area contributed by atoms with E-state index in [9.17, 15) is 33.6 Å². The van der Waals surface area contributed by atoms with Crippen molar-refractivity contribution >= 4 is 52.2 Å². The van der Waals surface area contributed by atoms with Crippen molar-refractivity contribution < 1.29 is 52.5 Å². The molecule has 2 N–H and O–H groups in total. The fourth-order valence-corrected chi connectivity index (χ4v) is 8.74. The molecule has 2 saturated carbocycles. The number of amides is 3. The summed E-state index contributed by atoms with van der Waals surface area (Å²) in [5, 5.41) is 8.29. The lowest BCUT2D eigenvalue weighted by atomic mass is 9.76. The largest absolute Gasteiger partial charge is 0.469 e. The van der Waals surface area contributed by atoms with Crippen LogP contribution in [-0.2, 0) is 59.1 Å². The normalized spacial score (nSPS) is 19.4. The minimum absolute atomic E-state index is 0.0223. The highest BCUT2D eigenvalue weighted by Gasteiger charge is 2.55. The maximum absolute atomic E-state index is 14.7. The summed E-state index contributed by atoms with van der Waals surface area (Å²) >= 11 is 0. The van der Waals surface area contributed by atoms with Crippen molar-refractivity contribution in [1.29, 1.82) is 0 Å². The molecule has 3 amide bonds. The Labute approximate surface area is 365 Å². The maximum Gasteiger partial charge on any atom is 0.331 e. The molecular formula is C47H66N4O11. The molecule has 2 aliphatic carbocycles.